The minimum atomic E-state index is 0.0996. The molecule has 0 aromatic heterocycles. The van der Waals surface area contributed by atoms with Crippen LogP contribution in [0.5, 0.6) is 0 Å². The van der Waals surface area contributed by atoms with Gasteiger partial charge in [-0.15, -0.1) is 0 Å². The van der Waals surface area contributed by atoms with Crippen LogP contribution in [0.25, 0.3) is 0 Å². The lowest BCUT2D eigenvalue weighted by molar-refractivity contribution is -0.131. The van der Waals surface area contributed by atoms with Crippen molar-refractivity contribution in [2.24, 2.45) is 0 Å². The minimum Gasteiger partial charge on any atom is -0.383 e. The predicted molar refractivity (Wildman–Crippen MR) is 61.8 cm³/mol. The van der Waals surface area contributed by atoms with Gasteiger partial charge in [-0.2, -0.15) is 5.26 Å². The fourth-order valence-electron chi connectivity index (χ4n) is 1.32. The summed E-state index contributed by atoms with van der Waals surface area (Å²) in [5, 5.41) is 11.5. The summed E-state index contributed by atoms with van der Waals surface area (Å²) in [5.74, 6) is 0.0996. The van der Waals surface area contributed by atoms with Crippen LogP contribution in [0.2, 0.25) is 0 Å². The molecule has 5 nitrogen and oxygen atoms in total. The SMILES string of the molecule is CNCCCC(=O)N(CCC#N)CCOC. The maximum absolute atomic E-state index is 11.8. The number of hydrogen-bond acceptors (Lipinski definition) is 4. The molecule has 0 fully saturated rings. The fourth-order valence-corrected chi connectivity index (χ4v) is 1.32. The molecule has 0 unspecified atom stereocenters. The van der Waals surface area contributed by atoms with Crippen molar-refractivity contribution in [3.63, 3.8) is 0 Å². The van der Waals surface area contributed by atoms with E-state index in [4.69, 9.17) is 10.00 Å². The van der Waals surface area contributed by atoms with E-state index in [9.17, 15) is 4.79 Å². The number of nitrogens with zero attached hydrogens (tertiary/aromatic N) is 2. The second kappa shape index (κ2) is 10.4. The first-order chi connectivity index (χ1) is 7.76. The monoisotopic (exact) mass is 227 g/mol. The number of nitriles is 1. The molecule has 1 N–H and O–H groups in total. The first-order valence-electron chi connectivity index (χ1n) is 5.54. The number of rotatable bonds is 9. The number of carbonyl (C=O) groups is 1. The molecule has 0 rings (SSSR count). The third-order valence-electron chi connectivity index (χ3n) is 2.23. The predicted octanol–water partition coefficient (Wildman–Crippen LogP) is 0.375. The van der Waals surface area contributed by atoms with Gasteiger partial charge in [0.1, 0.15) is 0 Å². The number of amides is 1. The van der Waals surface area contributed by atoms with E-state index in [0.29, 0.717) is 32.5 Å². The van der Waals surface area contributed by atoms with Gasteiger partial charge in [-0.1, -0.05) is 0 Å². The van der Waals surface area contributed by atoms with Crippen LogP contribution in [0.15, 0.2) is 0 Å². The highest BCUT2D eigenvalue weighted by Crippen LogP contribution is 1.99. The van der Waals surface area contributed by atoms with Crippen LogP contribution < -0.4 is 5.32 Å². The van der Waals surface area contributed by atoms with Crippen LogP contribution >= 0.6 is 0 Å². The molecule has 1 amide bonds. The summed E-state index contributed by atoms with van der Waals surface area (Å²) in [6.07, 6.45) is 1.73. The molecule has 0 aromatic carbocycles. The Bertz CT molecular complexity index is 226. The van der Waals surface area contributed by atoms with E-state index in [-0.39, 0.29) is 5.91 Å². The summed E-state index contributed by atoms with van der Waals surface area (Å²) in [6.45, 7) is 2.42. The molecule has 0 aromatic rings. The summed E-state index contributed by atoms with van der Waals surface area (Å²) in [7, 11) is 3.47. The van der Waals surface area contributed by atoms with Crippen LogP contribution in [-0.4, -0.2) is 51.2 Å². The minimum absolute atomic E-state index is 0.0996. The molecule has 0 spiro atoms. The molecular weight excluding hydrogens is 206 g/mol. The molecular formula is C11H21N3O2. The normalized spacial score (nSPS) is 9.81. The third-order valence-corrected chi connectivity index (χ3v) is 2.23. The fraction of sp³-hybridized carbons (Fsp3) is 0.818. The van der Waals surface area contributed by atoms with Crippen molar-refractivity contribution < 1.29 is 9.53 Å². The Labute approximate surface area is 97.4 Å². The number of nitrogens with one attached hydrogen (secondary N) is 1. The molecule has 0 radical (unpaired) electrons. The van der Waals surface area contributed by atoms with Crippen molar-refractivity contribution in [3.8, 4) is 6.07 Å². The highest BCUT2D eigenvalue weighted by molar-refractivity contribution is 5.76. The lowest BCUT2D eigenvalue weighted by Crippen LogP contribution is -2.34. The lowest BCUT2D eigenvalue weighted by atomic mass is 10.2. The Kier molecular flexibility index (Phi) is 9.67. The second-order valence-electron chi connectivity index (χ2n) is 3.49. The zero-order valence-electron chi connectivity index (χ0n) is 10.2. The van der Waals surface area contributed by atoms with Crippen LogP contribution in [-0.2, 0) is 9.53 Å². The molecule has 0 aliphatic rings. The van der Waals surface area contributed by atoms with Gasteiger partial charge in [-0.05, 0) is 20.0 Å². The summed E-state index contributed by atoms with van der Waals surface area (Å²) < 4.78 is 4.94. The van der Waals surface area contributed by atoms with Crippen LogP contribution in [0, 0.1) is 11.3 Å². The largest absolute Gasteiger partial charge is 0.383 e. The molecule has 16 heavy (non-hydrogen) atoms. The average Bonchev–Trinajstić information content (AvgIpc) is 2.29. The van der Waals surface area contributed by atoms with Gasteiger partial charge in [0.15, 0.2) is 0 Å². The van der Waals surface area contributed by atoms with Crippen molar-refractivity contribution in [1.29, 1.82) is 5.26 Å². The highest BCUT2D eigenvalue weighted by atomic mass is 16.5. The summed E-state index contributed by atoms with van der Waals surface area (Å²) in [6, 6.07) is 2.05. The zero-order chi connectivity index (χ0) is 12.2. The van der Waals surface area contributed by atoms with Gasteiger partial charge < -0.3 is 15.0 Å². The topological polar surface area (TPSA) is 65.4 Å². The molecule has 0 saturated heterocycles. The van der Waals surface area contributed by atoms with E-state index in [2.05, 4.69) is 5.32 Å². The summed E-state index contributed by atoms with van der Waals surface area (Å²) in [4.78, 5) is 13.5. The van der Waals surface area contributed by atoms with Gasteiger partial charge in [0.2, 0.25) is 5.91 Å². The van der Waals surface area contributed by atoms with Crippen molar-refractivity contribution in [2.45, 2.75) is 19.3 Å². The Morgan fingerprint density at radius 1 is 1.50 bits per heavy atom. The van der Waals surface area contributed by atoms with Gasteiger partial charge in [0.25, 0.3) is 0 Å². The van der Waals surface area contributed by atoms with E-state index in [1.54, 1.807) is 12.0 Å². The summed E-state index contributed by atoms with van der Waals surface area (Å²) >= 11 is 0. The number of methoxy groups -OCH3 is 1. The standard InChI is InChI=1S/C11H21N3O2/c1-13-7-3-5-11(15)14(8-4-6-12)9-10-16-2/h13H,3-5,7-10H2,1-2H3. The molecule has 5 heteroatoms. The van der Waals surface area contributed by atoms with Crippen LogP contribution in [0.3, 0.4) is 0 Å². The molecule has 0 heterocycles. The number of ether oxygens (including phenoxy) is 1. The van der Waals surface area contributed by atoms with Crippen LogP contribution in [0.4, 0.5) is 0 Å². The van der Waals surface area contributed by atoms with Gasteiger partial charge in [-0.25, -0.2) is 0 Å². The molecule has 92 valence electrons. The van der Waals surface area contributed by atoms with E-state index in [0.717, 1.165) is 13.0 Å². The highest BCUT2D eigenvalue weighted by Gasteiger charge is 2.11. The molecule has 0 aliphatic carbocycles. The Morgan fingerprint density at radius 3 is 2.81 bits per heavy atom. The van der Waals surface area contributed by atoms with E-state index < -0.39 is 0 Å². The summed E-state index contributed by atoms with van der Waals surface area (Å²) in [5.41, 5.74) is 0. The average molecular weight is 227 g/mol. The van der Waals surface area contributed by atoms with Gasteiger partial charge in [0.05, 0.1) is 19.1 Å². The van der Waals surface area contributed by atoms with Crippen molar-refractivity contribution in [2.75, 3.05) is 40.4 Å². The van der Waals surface area contributed by atoms with Crippen LogP contribution in [0.1, 0.15) is 19.3 Å². The first kappa shape index (κ1) is 14.9. The maximum Gasteiger partial charge on any atom is 0.222 e. The Hall–Kier alpha value is -1.12. The molecule has 0 saturated carbocycles. The smallest absolute Gasteiger partial charge is 0.222 e. The number of carbonyl (C=O) groups excluding carboxylic acids is 1. The Balaban J connectivity index is 3.94. The molecule has 0 bridgehead atoms. The van der Waals surface area contributed by atoms with Crippen molar-refractivity contribution in [3.05, 3.63) is 0 Å². The molecule has 0 atom stereocenters. The van der Waals surface area contributed by atoms with Gasteiger partial charge in [-0.3, -0.25) is 4.79 Å². The maximum atomic E-state index is 11.8. The second-order valence-corrected chi connectivity index (χ2v) is 3.49. The zero-order valence-corrected chi connectivity index (χ0v) is 10.2. The quantitative estimate of drug-likeness (QED) is 0.578. The molecule has 0 aliphatic heterocycles. The first-order valence-corrected chi connectivity index (χ1v) is 5.54. The van der Waals surface area contributed by atoms with E-state index >= 15 is 0 Å². The Morgan fingerprint density at radius 2 is 2.25 bits per heavy atom. The van der Waals surface area contributed by atoms with E-state index in [1.807, 2.05) is 13.1 Å². The third kappa shape index (κ3) is 7.21. The van der Waals surface area contributed by atoms with Gasteiger partial charge in [0, 0.05) is 26.6 Å². The van der Waals surface area contributed by atoms with E-state index in [1.165, 1.54) is 0 Å². The number of hydrogen-bond donors (Lipinski definition) is 1. The lowest BCUT2D eigenvalue weighted by Gasteiger charge is -2.21. The van der Waals surface area contributed by atoms with Crippen molar-refractivity contribution >= 4 is 5.91 Å². The van der Waals surface area contributed by atoms with Crippen molar-refractivity contribution in [1.82, 2.24) is 10.2 Å². The van der Waals surface area contributed by atoms with Gasteiger partial charge >= 0.3 is 0 Å².